The van der Waals surface area contributed by atoms with Crippen LogP contribution in [0.2, 0.25) is 0 Å². The molecule has 0 unspecified atom stereocenters. The number of hydrogen-bond donors (Lipinski definition) is 1. The zero-order valence-corrected chi connectivity index (χ0v) is 23.8. The van der Waals surface area contributed by atoms with Crippen molar-refractivity contribution in [2.45, 2.75) is 56.7 Å². The summed E-state index contributed by atoms with van der Waals surface area (Å²) in [4.78, 5) is 21.0. The van der Waals surface area contributed by atoms with Crippen LogP contribution >= 0.6 is 11.3 Å². The van der Waals surface area contributed by atoms with Gasteiger partial charge >= 0.3 is 12.4 Å². The van der Waals surface area contributed by atoms with Crippen LogP contribution in [0.15, 0.2) is 36.4 Å². The highest BCUT2D eigenvalue weighted by molar-refractivity contribution is 7.18. The molecule has 1 saturated carbocycles. The summed E-state index contributed by atoms with van der Waals surface area (Å²) in [5.41, 5.74) is -1.46. The third-order valence-electron chi connectivity index (χ3n) is 7.78. The lowest BCUT2D eigenvalue weighted by Gasteiger charge is -2.35. The van der Waals surface area contributed by atoms with E-state index in [1.165, 1.54) is 29.5 Å². The molecule has 1 N–H and O–H groups in total. The lowest BCUT2D eigenvalue weighted by Crippen LogP contribution is -2.49. The molecule has 2 aromatic carbocycles. The highest BCUT2D eigenvalue weighted by atomic mass is 32.1. The monoisotopic (exact) mass is 625 g/mol. The van der Waals surface area contributed by atoms with Gasteiger partial charge in [-0.15, -0.1) is 11.3 Å². The molecule has 0 bridgehead atoms. The molecule has 7 nitrogen and oxygen atoms in total. The molecule has 2 fully saturated rings. The largest absolute Gasteiger partial charge is 0.417 e. The summed E-state index contributed by atoms with van der Waals surface area (Å²) in [5.74, 6) is -0.114. The minimum absolute atomic E-state index is 0.0419. The zero-order valence-electron chi connectivity index (χ0n) is 23.0. The zero-order chi connectivity index (χ0) is 30.8. The van der Waals surface area contributed by atoms with E-state index in [9.17, 15) is 31.1 Å². The van der Waals surface area contributed by atoms with E-state index in [0.717, 1.165) is 23.2 Å². The summed E-state index contributed by atoms with van der Waals surface area (Å²) in [6, 6.07) is 8.72. The van der Waals surface area contributed by atoms with Crippen LogP contribution in [-0.4, -0.2) is 65.6 Å². The Morgan fingerprint density at radius 3 is 2.37 bits per heavy atom. The minimum Gasteiger partial charge on any atom is -0.382 e. The molecule has 0 atom stereocenters. The Morgan fingerprint density at radius 2 is 1.72 bits per heavy atom. The van der Waals surface area contributed by atoms with Crippen LogP contribution in [-0.2, 0) is 28.4 Å². The number of amides is 1. The van der Waals surface area contributed by atoms with Gasteiger partial charge in [-0.3, -0.25) is 9.69 Å². The molecule has 14 heteroatoms. The first kappa shape index (κ1) is 31.0. The normalized spacial score (nSPS) is 20.3. The van der Waals surface area contributed by atoms with Gasteiger partial charge in [-0.25, -0.2) is 4.98 Å². The van der Waals surface area contributed by atoms with Crippen molar-refractivity contribution in [3.63, 3.8) is 0 Å². The summed E-state index contributed by atoms with van der Waals surface area (Å²) >= 11 is 1.36. The van der Waals surface area contributed by atoms with E-state index in [2.05, 4.69) is 15.2 Å². The van der Waals surface area contributed by atoms with Crippen LogP contribution in [0.1, 0.15) is 47.4 Å². The molecule has 2 aliphatic rings. The molecule has 1 aliphatic carbocycles. The number of nitrogens with one attached hydrogen (secondary N) is 1. The minimum atomic E-state index is -4.61. The van der Waals surface area contributed by atoms with Gasteiger partial charge in [0.1, 0.15) is 11.6 Å². The predicted molar refractivity (Wildman–Crippen MR) is 148 cm³/mol. The Morgan fingerprint density at radius 1 is 1.00 bits per heavy atom. The van der Waals surface area contributed by atoms with Crippen molar-refractivity contribution in [1.29, 1.82) is 5.26 Å². The number of aromatic nitrogens is 1. The summed E-state index contributed by atoms with van der Waals surface area (Å²) in [6.45, 7) is 2.68. The van der Waals surface area contributed by atoms with E-state index < -0.39 is 29.0 Å². The smallest absolute Gasteiger partial charge is 0.382 e. The first-order chi connectivity index (χ1) is 20.4. The number of fused-ring (bicyclic) bond motifs is 1. The van der Waals surface area contributed by atoms with Crippen LogP contribution in [0.3, 0.4) is 0 Å². The maximum atomic E-state index is 13.3. The van der Waals surface area contributed by atoms with E-state index in [-0.39, 0.29) is 24.7 Å². The number of halogens is 6. The second-order valence-electron chi connectivity index (χ2n) is 10.7. The van der Waals surface area contributed by atoms with Crippen LogP contribution in [0.4, 0.5) is 32.0 Å². The third-order valence-corrected chi connectivity index (χ3v) is 8.80. The number of thiazole rings is 1. The van der Waals surface area contributed by atoms with Gasteiger partial charge in [0.2, 0.25) is 5.91 Å². The number of rotatable bonds is 7. The van der Waals surface area contributed by atoms with Gasteiger partial charge < -0.3 is 15.0 Å². The molecule has 1 saturated heterocycles. The van der Waals surface area contributed by atoms with Crippen LogP contribution in [0.25, 0.3) is 10.2 Å². The molecule has 1 amide bonds. The van der Waals surface area contributed by atoms with Crippen LogP contribution in [0.5, 0.6) is 0 Å². The number of anilines is 1. The molecule has 5 rings (SSSR count). The van der Waals surface area contributed by atoms with Gasteiger partial charge in [0, 0.05) is 37.9 Å². The highest BCUT2D eigenvalue weighted by Crippen LogP contribution is 2.35. The topological polar surface area (TPSA) is 81.5 Å². The molecule has 2 heterocycles. The molecular formula is C29H29F6N5O2S. The first-order valence-electron chi connectivity index (χ1n) is 13.9. The van der Waals surface area contributed by atoms with Crippen molar-refractivity contribution in [1.82, 2.24) is 14.8 Å². The van der Waals surface area contributed by atoms with Crippen molar-refractivity contribution >= 4 is 33.1 Å². The summed E-state index contributed by atoms with van der Waals surface area (Å²) in [5, 5.41) is 12.8. The molecule has 1 aliphatic heterocycles. The number of nitrogens with zero attached hydrogens (tertiary/aromatic N) is 4. The van der Waals surface area contributed by atoms with E-state index in [0.29, 0.717) is 74.3 Å². The average molecular weight is 626 g/mol. The quantitative estimate of drug-likeness (QED) is 0.311. The van der Waals surface area contributed by atoms with Crippen molar-refractivity contribution in [3.8, 4) is 6.07 Å². The van der Waals surface area contributed by atoms with E-state index in [1.807, 2.05) is 0 Å². The molecule has 3 aromatic rings. The molecular weight excluding hydrogens is 596 g/mol. The van der Waals surface area contributed by atoms with Gasteiger partial charge in [0.05, 0.1) is 45.6 Å². The maximum absolute atomic E-state index is 13.3. The van der Waals surface area contributed by atoms with Gasteiger partial charge in [-0.1, -0.05) is 0 Å². The average Bonchev–Trinajstić information content (AvgIpc) is 3.38. The Bertz CT molecular complexity index is 1490. The second-order valence-corrected chi connectivity index (χ2v) is 11.9. The van der Waals surface area contributed by atoms with Crippen LogP contribution < -0.4 is 5.32 Å². The van der Waals surface area contributed by atoms with Gasteiger partial charge in [-0.05, 0) is 62.1 Å². The Balaban J connectivity index is 1.03. The van der Waals surface area contributed by atoms with Gasteiger partial charge in [-0.2, -0.15) is 31.6 Å². The Labute approximate surface area is 248 Å². The van der Waals surface area contributed by atoms with Gasteiger partial charge in [0.25, 0.3) is 0 Å². The molecule has 0 radical (unpaired) electrons. The number of carbonyl (C=O) groups excluding carboxylic acids is 1. The third kappa shape index (κ3) is 7.76. The number of piperazine rings is 1. The number of hydrogen-bond acceptors (Lipinski definition) is 7. The molecule has 43 heavy (non-hydrogen) atoms. The van der Waals surface area contributed by atoms with Crippen molar-refractivity contribution in [2.75, 3.05) is 38.1 Å². The second kappa shape index (κ2) is 12.7. The molecule has 0 spiro atoms. The SMILES string of the molecule is N#Cc1ccc(N[C@H]2CC[C@H](OCC(=O)N3CCN(Cc4nc5cc(C(F)(F)F)ccc5s4)CC3)CC2)cc1C(F)(F)F. The fourth-order valence-corrected chi connectivity index (χ4v) is 6.41. The number of benzene rings is 2. The number of carbonyl (C=O) groups is 1. The summed E-state index contributed by atoms with van der Waals surface area (Å²) in [7, 11) is 0. The fraction of sp³-hybridized carbons (Fsp3) is 0.483. The highest BCUT2D eigenvalue weighted by Gasteiger charge is 2.34. The Hall–Kier alpha value is -3.41. The lowest BCUT2D eigenvalue weighted by atomic mass is 9.92. The first-order valence-corrected chi connectivity index (χ1v) is 14.7. The van der Waals surface area contributed by atoms with Crippen molar-refractivity contribution in [2.24, 2.45) is 0 Å². The van der Waals surface area contributed by atoms with E-state index in [1.54, 1.807) is 11.0 Å². The fourth-order valence-electron chi connectivity index (χ4n) is 5.42. The number of alkyl halides is 6. The van der Waals surface area contributed by atoms with Gasteiger partial charge in [0.15, 0.2) is 0 Å². The van der Waals surface area contributed by atoms with Crippen molar-refractivity contribution < 1.29 is 35.9 Å². The number of ether oxygens (including phenoxy) is 1. The standard InChI is InChI=1S/C29H29F6N5O2S/c30-28(31,32)19-2-8-25-24(13-19)38-26(43-25)16-39-9-11-40(12-10-39)27(41)17-42-22-6-4-20(5-7-22)37-21-3-1-18(15-36)23(14-21)29(33,34)35/h1-3,8,13-14,20,22,37H,4-7,9-12,16-17H2/t20-,22-. The van der Waals surface area contributed by atoms with Crippen molar-refractivity contribution in [3.05, 3.63) is 58.1 Å². The Kier molecular flexibility index (Phi) is 9.15. The summed E-state index contributed by atoms with van der Waals surface area (Å²) < 4.78 is 85.3. The van der Waals surface area contributed by atoms with Crippen LogP contribution in [0, 0.1) is 11.3 Å². The molecule has 1 aromatic heterocycles. The predicted octanol–water partition coefficient (Wildman–Crippen LogP) is 6.29. The maximum Gasteiger partial charge on any atom is 0.417 e. The molecule has 230 valence electrons. The number of nitriles is 1. The van der Waals surface area contributed by atoms with E-state index in [4.69, 9.17) is 10.00 Å². The van der Waals surface area contributed by atoms with E-state index >= 15 is 0 Å². The lowest BCUT2D eigenvalue weighted by molar-refractivity contribution is -0.141. The summed E-state index contributed by atoms with van der Waals surface area (Å²) in [6.07, 6.45) is -6.49.